The van der Waals surface area contributed by atoms with Gasteiger partial charge in [0.15, 0.2) is 5.82 Å². The molecule has 0 saturated carbocycles. The van der Waals surface area contributed by atoms with E-state index in [9.17, 15) is 22.8 Å². The van der Waals surface area contributed by atoms with Crippen molar-refractivity contribution < 1.29 is 22.7 Å². The van der Waals surface area contributed by atoms with E-state index in [1.165, 1.54) is 25.4 Å². The Balaban J connectivity index is 1.92. The van der Waals surface area contributed by atoms with Gasteiger partial charge in [-0.3, -0.25) is 24.5 Å². The van der Waals surface area contributed by atoms with E-state index in [2.05, 4.69) is 40.6 Å². The molecule has 0 radical (unpaired) electrons. The largest absolute Gasteiger partial charge is 0.494 e. The Morgan fingerprint density at radius 2 is 2.03 bits per heavy atom. The van der Waals surface area contributed by atoms with Crippen molar-refractivity contribution >= 4 is 38.5 Å². The summed E-state index contributed by atoms with van der Waals surface area (Å²) in [5.74, 6) is -1.66. The van der Waals surface area contributed by atoms with Crippen molar-refractivity contribution in [1.82, 2.24) is 23.9 Å². The molecule has 0 fully saturated rings. The van der Waals surface area contributed by atoms with Crippen molar-refractivity contribution in [2.75, 3.05) is 12.4 Å². The number of hydrogen-bond acceptors (Lipinski definition) is 8. The van der Waals surface area contributed by atoms with Gasteiger partial charge in [0.05, 0.1) is 18.9 Å². The summed E-state index contributed by atoms with van der Waals surface area (Å²) in [6.07, 6.45) is 0.613. The summed E-state index contributed by atoms with van der Waals surface area (Å²) < 4.78 is 51.0. The second-order valence-corrected chi connectivity index (χ2v) is 8.01. The Morgan fingerprint density at radius 3 is 2.71 bits per heavy atom. The minimum absolute atomic E-state index is 0.0489. The molecule has 0 spiro atoms. The SMILES string of the molecule is COc1cnc(C(F)F)cc1-c1cc(-n2cccc(F)c2=O)ncc1C(=O)Nc1nc(Br)ns1. The molecule has 9 nitrogen and oxygen atoms in total. The van der Waals surface area contributed by atoms with Crippen LogP contribution in [0.3, 0.4) is 0 Å². The van der Waals surface area contributed by atoms with E-state index < -0.39 is 29.4 Å². The van der Waals surface area contributed by atoms with Crippen LogP contribution in [-0.4, -0.2) is 36.9 Å². The fourth-order valence-corrected chi connectivity index (χ4v) is 3.98. The van der Waals surface area contributed by atoms with Gasteiger partial charge in [0.2, 0.25) is 9.87 Å². The van der Waals surface area contributed by atoms with Crippen LogP contribution in [0.15, 0.2) is 52.4 Å². The normalized spacial score (nSPS) is 11.0. The van der Waals surface area contributed by atoms with Crippen LogP contribution in [0.5, 0.6) is 5.75 Å². The monoisotopic (exact) mass is 552 g/mol. The van der Waals surface area contributed by atoms with Gasteiger partial charge in [0.25, 0.3) is 17.9 Å². The zero-order valence-corrected chi connectivity index (χ0v) is 19.4. The molecule has 0 bridgehead atoms. The topological polar surface area (TPSA) is 112 Å². The molecule has 1 N–H and O–H groups in total. The number of aromatic nitrogens is 5. The first kappa shape index (κ1) is 23.5. The van der Waals surface area contributed by atoms with E-state index in [4.69, 9.17) is 4.74 Å². The van der Waals surface area contributed by atoms with Gasteiger partial charge in [0, 0.05) is 35.1 Å². The number of anilines is 1. The molecular weight excluding hydrogens is 541 g/mol. The van der Waals surface area contributed by atoms with E-state index in [-0.39, 0.29) is 38.1 Å². The van der Waals surface area contributed by atoms with Gasteiger partial charge in [-0.25, -0.2) is 18.2 Å². The second-order valence-electron chi connectivity index (χ2n) is 6.55. The molecule has 0 aromatic carbocycles. The van der Waals surface area contributed by atoms with Gasteiger partial charge in [-0.1, -0.05) is 0 Å². The lowest BCUT2D eigenvalue weighted by Gasteiger charge is -2.15. The molecule has 0 aliphatic carbocycles. The highest BCUT2D eigenvalue weighted by Crippen LogP contribution is 2.35. The molecule has 1 amide bonds. The molecule has 0 unspecified atom stereocenters. The molecule has 4 aromatic rings. The fourth-order valence-electron chi connectivity index (χ4n) is 3.00. The van der Waals surface area contributed by atoms with Crippen LogP contribution in [0, 0.1) is 5.82 Å². The average molecular weight is 553 g/mol. The summed E-state index contributed by atoms with van der Waals surface area (Å²) in [5.41, 5.74) is -1.42. The van der Waals surface area contributed by atoms with Crippen LogP contribution < -0.4 is 15.6 Å². The number of methoxy groups -OCH3 is 1. The number of hydrogen-bond donors (Lipinski definition) is 1. The van der Waals surface area contributed by atoms with Crippen molar-refractivity contribution in [1.29, 1.82) is 0 Å². The lowest BCUT2D eigenvalue weighted by Crippen LogP contribution is -2.22. The zero-order chi connectivity index (χ0) is 24.4. The first-order valence-corrected chi connectivity index (χ1v) is 10.9. The van der Waals surface area contributed by atoms with Crippen LogP contribution in [-0.2, 0) is 0 Å². The summed E-state index contributed by atoms with van der Waals surface area (Å²) in [5, 5.41) is 2.72. The van der Waals surface area contributed by atoms with Gasteiger partial charge >= 0.3 is 0 Å². The molecule has 4 heterocycles. The maximum absolute atomic E-state index is 13.8. The maximum atomic E-state index is 13.8. The predicted octanol–water partition coefficient (Wildman–Crippen LogP) is 4.25. The second kappa shape index (κ2) is 9.69. The molecule has 34 heavy (non-hydrogen) atoms. The van der Waals surface area contributed by atoms with Crippen LogP contribution in [0.1, 0.15) is 22.5 Å². The predicted molar refractivity (Wildman–Crippen MR) is 120 cm³/mol. The molecular formula is C20H12BrF3N6O3S. The van der Waals surface area contributed by atoms with Crippen LogP contribution in [0.4, 0.5) is 18.3 Å². The Morgan fingerprint density at radius 1 is 1.24 bits per heavy atom. The number of pyridine rings is 3. The molecule has 14 heteroatoms. The first-order valence-electron chi connectivity index (χ1n) is 9.29. The molecule has 0 atom stereocenters. The van der Waals surface area contributed by atoms with Crippen molar-refractivity contribution in [2.45, 2.75) is 6.43 Å². The van der Waals surface area contributed by atoms with Crippen LogP contribution >= 0.6 is 27.5 Å². The number of amides is 1. The summed E-state index contributed by atoms with van der Waals surface area (Å²) in [6.45, 7) is 0. The van der Waals surface area contributed by atoms with Gasteiger partial charge < -0.3 is 4.74 Å². The third kappa shape index (κ3) is 4.68. The van der Waals surface area contributed by atoms with Gasteiger partial charge in [-0.15, -0.1) is 0 Å². The van der Waals surface area contributed by atoms with E-state index in [1.54, 1.807) is 0 Å². The number of ether oxygens (including phenoxy) is 1. The third-order valence-corrected chi connectivity index (χ3v) is 5.75. The van der Waals surface area contributed by atoms with Crippen molar-refractivity contribution in [3.63, 3.8) is 0 Å². The number of carbonyl (C=O) groups is 1. The van der Waals surface area contributed by atoms with E-state index in [0.29, 0.717) is 0 Å². The minimum Gasteiger partial charge on any atom is -0.494 e. The summed E-state index contributed by atoms with van der Waals surface area (Å²) >= 11 is 4.00. The number of nitrogens with one attached hydrogen (secondary N) is 1. The molecule has 4 rings (SSSR count). The Bertz CT molecular complexity index is 1450. The summed E-state index contributed by atoms with van der Waals surface area (Å²) in [7, 11) is 1.31. The van der Waals surface area contributed by atoms with Crippen LogP contribution in [0.25, 0.3) is 16.9 Å². The van der Waals surface area contributed by atoms with Gasteiger partial charge in [0.1, 0.15) is 17.3 Å². The zero-order valence-electron chi connectivity index (χ0n) is 17.0. The molecule has 4 aromatic heterocycles. The highest BCUT2D eigenvalue weighted by molar-refractivity contribution is 9.10. The van der Waals surface area contributed by atoms with Crippen molar-refractivity contribution in [3.8, 4) is 22.7 Å². The molecule has 174 valence electrons. The smallest absolute Gasteiger partial charge is 0.292 e. The van der Waals surface area contributed by atoms with E-state index in [1.807, 2.05) is 0 Å². The number of nitrogens with zero attached hydrogens (tertiary/aromatic N) is 5. The summed E-state index contributed by atoms with van der Waals surface area (Å²) in [6, 6.07) is 4.64. The Hall–Kier alpha value is -3.65. The lowest BCUT2D eigenvalue weighted by molar-refractivity contribution is 0.102. The number of rotatable bonds is 6. The highest BCUT2D eigenvalue weighted by atomic mass is 79.9. The van der Waals surface area contributed by atoms with Gasteiger partial charge in [-0.05, 0) is 40.2 Å². The quantitative estimate of drug-likeness (QED) is 0.380. The number of carbonyl (C=O) groups excluding carboxylic acids is 1. The van der Waals surface area contributed by atoms with Crippen molar-refractivity contribution in [2.24, 2.45) is 0 Å². The van der Waals surface area contributed by atoms with Crippen molar-refractivity contribution in [3.05, 3.63) is 75.0 Å². The lowest BCUT2D eigenvalue weighted by atomic mass is 10.00. The van der Waals surface area contributed by atoms with Crippen LogP contribution in [0.2, 0.25) is 0 Å². The standard InChI is InChI=1S/C20H12BrF3N6O3S/c1-33-14-8-25-13(16(23)24)5-10(14)9-6-15(30-4-2-3-12(22)18(30)32)26-7-11(9)17(31)27-20-28-19(21)29-34-20/h2-8,16H,1H3,(H,27,28,29,31). The fraction of sp³-hybridized carbons (Fsp3) is 0.100. The Labute approximate surface area is 201 Å². The highest BCUT2D eigenvalue weighted by Gasteiger charge is 2.22. The van der Waals surface area contributed by atoms with Gasteiger partial charge in [-0.2, -0.15) is 9.36 Å². The third-order valence-electron chi connectivity index (χ3n) is 4.53. The first-order chi connectivity index (χ1) is 16.3. The average Bonchev–Trinajstić information content (AvgIpc) is 3.24. The molecule has 0 saturated heterocycles. The number of halogens is 4. The minimum atomic E-state index is -2.90. The molecule has 0 aliphatic heterocycles. The van der Waals surface area contributed by atoms with E-state index in [0.717, 1.165) is 40.6 Å². The Kier molecular flexibility index (Phi) is 6.70. The molecule has 0 aliphatic rings. The number of alkyl halides is 2. The maximum Gasteiger partial charge on any atom is 0.292 e. The van der Waals surface area contributed by atoms with E-state index >= 15 is 0 Å². The summed E-state index contributed by atoms with van der Waals surface area (Å²) in [4.78, 5) is 37.1.